The van der Waals surface area contributed by atoms with E-state index in [0.717, 1.165) is 31.9 Å². The second-order valence-corrected chi connectivity index (χ2v) is 4.18. The lowest BCUT2D eigenvalue weighted by Crippen LogP contribution is -2.46. The monoisotopic (exact) mass is 223 g/mol. The second kappa shape index (κ2) is 5.25. The topological polar surface area (TPSA) is 28.2 Å². The van der Waals surface area contributed by atoms with Gasteiger partial charge in [0, 0.05) is 19.1 Å². The Kier molecular flexibility index (Phi) is 3.72. The number of hydrogen-bond donors (Lipinski definition) is 1. The molecule has 0 bridgehead atoms. The Morgan fingerprint density at radius 1 is 1.56 bits per heavy atom. The predicted molar refractivity (Wildman–Crippen MR) is 63.1 cm³/mol. The summed E-state index contributed by atoms with van der Waals surface area (Å²) in [5.74, 6) is 0.605. The van der Waals surface area contributed by atoms with Crippen LogP contribution >= 0.6 is 0 Å². The molecule has 1 aliphatic rings. The first kappa shape index (κ1) is 11.3. The molecule has 0 aromatic carbocycles. The van der Waals surface area contributed by atoms with Crippen LogP contribution in [-0.4, -0.2) is 30.7 Å². The molecule has 0 aliphatic carbocycles. The lowest BCUT2D eigenvalue weighted by atomic mass is 10.1. The fourth-order valence-electron chi connectivity index (χ4n) is 2.20. The van der Waals surface area contributed by atoms with Crippen molar-refractivity contribution in [2.24, 2.45) is 0 Å². The highest BCUT2D eigenvalue weighted by atomic mass is 19.1. The molecule has 1 aromatic heterocycles. The quantitative estimate of drug-likeness (QED) is 0.847. The summed E-state index contributed by atoms with van der Waals surface area (Å²) in [5.41, 5.74) is 0. The summed E-state index contributed by atoms with van der Waals surface area (Å²) < 4.78 is 12.8. The molecule has 0 amide bonds. The molecule has 88 valence electrons. The van der Waals surface area contributed by atoms with E-state index in [9.17, 15) is 4.39 Å². The fourth-order valence-corrected chi connectivity index (χ4v) is 2.20. The van der Waals surface area contributed by atoms with Gasteiger partial charge in [0.25, 0.3) is 0 Å². The average molecular weight is 223 g/mol. The molecule has 1 N–H and O–H groups in total. The number of pyridine rings is 1. The van der Waals surface area contributed by atoms with Gasteiger partial charge in [-0.2, -0.15) is 0 Å². The van der Waals surface area contributed by atoms with Gasteiger partial charge < -0.3 is 10.2 Å². The number of nitrogens with zero attached hydrogens (tertiary/aromatic N) is 2. The SMILES string of the molecule is CCNC1CCCN(c2ccc(F)cn2)C1. The number of likely N-dealkylation sites (N-methyl/N-ethyl adjacent to an activating group) is 1. The summed E-state index contributed by atoms with van der Waals surface area (Å²) in [6.07, 6.45) is 3.66. The molecular weight excluding hydrogens is 205 g/mol. The van der Waals surface area contributed by atoms with E-state index >= 15 is 0 Å². The van der Waals surface area contributed by atoms with Crippen LogP contribution in [0.25, 0.3) is 0 Å². The summed E-state index contributed by atoms with van der Waals surface area (Å²) in [7, 11) is 0. The molecule has 1 saturated heterocycles. The van der Waals surface area contributed by atoms with Crippen LogP contribution in [0.2, 0.25) is 0 Å². The van der Waals surface area contributed by atoms with Crippen LogP contribution in [0.1, 0.15) is 19.8 Å². The molecule has 2 rings (SSSR count). The summed E-state index contributed by atoms with van der Waals surface area (Å²) in [6, 6.07) is 3.76. The van der Waals surface area contributed by atoms with Gasteiger partial charge in [0.1, 0.15) is 11.6 Å². The molecule has 0 saturated carbocycles. The standard InChI is InChI=1S/C12H18FN3/c1-2-14-11-4-3-7-16(9-11)12-6-5-10(13)8-15-12/h5-6,8,11,14H,2-4,7,9H2,1H3. The minimum Gasteiger partial charge on any atom is -0.355 e. The van der Waals surface area contributed by atoms with Crippen LogP contribution in [0, 0.1) is 5.82 Å². The van der Waals surface area contributed by atoms with Crippen molar-refractivity contribution in [3.63, 3.8) is 0 Å². The maximum Gasteiger partial charge on any atom is 0.141 e. The molecule has 2 heterocycles. The van der Waals surface area contributed by atoms with Crippen molar-refractivity contribution in [3.05, 3.63) is 24.1 Å². The number of halogens is 1. The summed E-state index contributed by atoms with van der Waals surface area (Å²) >= 11 is 0. The van der Waals surface area contributed by atoms with Gasteiger partial charge in [0.15, 0.2) is 0 Å². The molecule has 1 aromatic rings. The van der Waals surface area contributed by atoms with Crippen molar-refractivity contribution in [2.75, 3.05) is 24.5 Å². The van der Waals surface area contributed by atoms with Gasteiger partial charge in [-0.25, -0.2) is 9.37 Å². The molecular formula is C12H18FN3. The minimum atomic E-state index is -0.274. The van der Waals surface area contributed by atoms with Crippen LogP contribution in [0.5, 0.6) is 0 Å². The molecule has 0 spiro atoms. The highest BCUT2D eigenvalue weighted by molar-refractivity contribution is 5.38. The van der Waals surface area contributed by atoms with Crippen LogP contribution in [0.3, 0.4) is 0 Å². The fraction of sp³-hybridized carbons (Fsp3) is 0.583. The van der Waals surface area contributed by atoms with Crippen LogP contribution < -0.4 is 10.2 Å². The van der Waals surface area contributed by atoms with E-state index in [2.05, 4.69) is 22.1 Å². The van der Waals surface area contributed by atoms with E-state index in [0.29, 0.717) is 6.04 Å². The van der Waals surface area contributed by atoms with Crippen molar-refractivity contribution in [3.8, 4) is 0 Å². The Bertz CT molecular complexity index is 324. The van der Waals surface area contributed by atoms with Gasteiger partial charge in [-0.1, -0.05) is 6.92 Å². The van der Waals surface area contributed by atoms with Gasteiger partial charge in [-0.3, -0.25) is 0 Å². The van der Waals surface area contributed by atoms with E-state index in [-0.39, 0.29) is 5.82 Å². The number of aromatic nitrogens is 1. The molecule has 1 atom stereocenters. The number of nitrogens with one attached hydrogen (secondary N) is 1. The Morgan fingerprint density at radius 3 is 3.12 bits per heavy atom. The van der Waals surface area contributed by atoms with Crippen LogP contribution in [0.15, 0.2) is 18.3 Å². The van der Waals surface area contributed by atoms with Crippen molar-refractivity contribution < 1.29 is 4.39 Å². The Hall–Kier alpha value is -1.16. The molecule has 4 heteroatoms. The van der Waals surface area contributed by atoms with Gasteiger partial charge >= 0.3 is 0 Å². The predicted octanol–water partition coefficient (Wildman–Crippen LogP) is 1.80. The highest BCUT2D eigenvalue weighted by Gasteiger charge is 2.19. The smallest absolute Gasteiger partial charge is 0.141 e. The third kappa shape index (κ3) is 2.70. The third-order valence-corrected chi connectivity index (χ3v) is 2.95. The average Bonchev–Trinajstić information content (AvgIpc) is 2.31. The second-order valence-electron chi connectivity index (χ2n) is 4.18. The van der Waals surface area contributed by atoms with Gasteiger partial charge in [0.2, 0.25) is 0 Å². The first-order valence-electron chi connectivity index (χ1n) is 5.89. The minimum absolute atomic E-state index is 0.274. The molecule has 16 heavy (non-hydrogen) atoms. The van der Waals surface area contributed by atoms with Crippen LogP contribution in [0.4, 0.5) is 10.2 Å². The summed E-state index contributed by atoms with van der Waals surface area (Å²) in [6.45, 7) is 5.09. The summed E-state index contributed by atoms with van der Waals surface area (Å²) in [4.78, 5) is 6.34. The Morgan fingerprint density at radius 2 is 2.44 bits per heavy atom. The Labute approximate surface area is 95.7 Å². The van der Waals surface area contributed by atoms with E-state index in [4.69, 9.17) is 0 Å². The molecule has 0 radical (unpaired) electrons. The van der Waals surface area contributed by atoms with Crippen molar-refractivity contribution >= 4 is 5.82 Å². The number of piperidine rings is 1. The molecule has 3 nitrogen and oxygen atoms in total. The normalized spacial score (nSPS) is 21.1. The maximum absolute atomic E-state index is 12.8. The van der Waals surface area contributed by atoms with E-state index in [1.807, 2.05) is 0 Å². The molecule has 1 unspecified atom stereocenters. The Balaban J connectivity index is 2.01. The van der Waals surface area contributed by atoms with Crippen molar-refractivity contribution in [1.82, 2.24) is 10.3 Å². The van der Waals surface area contributed by atoms with Crippen molar-refractivity contribution in [1.29, 1.82) is 0 Å². The van der Waals surface area contributed by atoms with E-state index < -0.39 is 0 Å². The van der Waals surface area contributed by atoms with Gasteiger partial charge in [-0.15, -0.1) is 0 Å². The van der Waals surface area contributed by atoms with E-state index in [1.54, 1.807) is 6.07 Å². The summed E-state index contributed by atoms with van der Waals surface area (Å²) in [5, 5.41) is 3.45. The van der Waals surface area contributed by atoms with Gasteiger partial charge in [0.05, 0.1) is 6.20 Å². The largest absolute Gasteiger partial charge is 0.355 e. The number of anilines is 1. The lowest BCUT2D eigenvalue weighted by molar-refractivity contribution is 0.429. The highest BCUT2D eigenvalue weighted by Crippen LogP contribution is 2.17. The molecule has 1 fully saturated rings. The number of hydrogen-bond acceptors (Lipinski definition) is 3. The maximum atomic E-state index is 12.8. The first-order chi connectivity index (χ1) is 7.79. The zero-order valence-corrected chi connectivity index (χ0v) is 9.62. The zero-order valence-electron chi connectivity index (χ0n) is 9.62. The first-order valence-corrected chi connectivity index (χ1v) is 5.89. The van der Waals surface area contributed by atoms with Crippen molar-refractivity contribution in [2.45, 2.75) is 25.8 Å². The molecule has 1 aliphatic heterocycles. The zero-order chi connectivity index (χ0) is 11.4. The number of rotatable bonds is 3. The van der Waals surface area contributed by atoms with E-state index in [1.165, 1.54) is 18.7 Å². The van der Waals surface area contributed by atoms with Crippen LogP contribution in [-0.2, 0) is 0 Å². The third-order valence-electron chi connectivity index (χ3n) is 2.95. The van der Waals surface area contributed by atoms with Gasteiger partial charge in [-0.05, 0) is 31.5 Å². The lowest BCUT2D eigenvalue weighted by Gasteiger charge is -2.33.